The second-order valence-electron chi connectivity index (χ2n) is 6.65. The quantitative estimate of drug-likeness (QED) is 0.264. The monoisotopic (exact) mass is 471 g/mol. The Morgan fingerprint density at radius 1 is 1.27 bits per heavy atom. The van der Waals surface area contributed by atoms with Gasteiger partial charge in [0, 0.05) is 25.7 Å². The number of guanidine groups is 1. The second-order valence-corrected chi connectivity index (χ2v) is 6.65. The molecule has 0 radical (unpaired) electrons. The Kier molecular flexibility index (Phi) is 9.25. The van der Waals surface area contributed by atoms with Crippen molar-refractivity contribution < 1.29 is 9.47 Å². The van der Waals surface area contributed by atoms with Crippen LogP contribution < -0.4 is 15.4 Å². The molecule has 1 fully saturated rings. The largest absolute Gasteiger partial charge is 0.493 e. The number of benzene rings is 1. The highest BCUT2D eigenvalue weighted by Crippen LogP contribution is 2.30. The average Bonchev–Trinajstić information content (AvgIpc) is 3.49. The number of halogens is 1. The molecule has 0 saturated heterocycles. The Labute approximate surface area is 173 Å². The van der Waals surface area contributed by atoms with E-state index in [1.54, 1.807) is 7.05 Å². The van der Waals surface area contributed by atoms with E-state index in [1.807, 2.05) is 12.1 Å². The number of nitrogens with one attached hydrogen (secondary N) is 2. The van der Waals surface area contributed by atoms with E-state index in [2.05, 4.69) is 33.8 Å². The number of para-hydroxylation sites is 1. The number of nitrogens with zero attached hydrogens (tertiary/aromatic N) is 1. The summed E-state index contributed by atoms with van der Waals surface area (Å²) in [6.45, 7) is 4.02. The fourth-order valence-electron chi connectivity index (χ4n) is 2.82. The molecule has 1 heterocycles. The third-order valence-electron chi connectivity index (χ3n) is 4.61. The molecule has 0 bridgehead atoms. The molecule has 0 aromatic heterocycles. The molecule has 1 aromatic rings. The first kappa shape index (κ1) is 21.0. The summed E-state index contributed by atoms with van der Waals surface area (Å²) < 4.78 is 11.3. The van der Waals surface area contributed by atoms with Gasteiger partial charge in [0.05, 0.1) is 19.8 Å². The van der Waals surface area contributed by atoms with E-state index in [9.17, 15) is 0 Å². The third-order valence-corrected chi connectivity index (χ3v) is 4.61. The van der Waals surface area contributed by atoms with Crippen LogP contribution in [-0.2, 0) is 11.3 Å². The molecule has 5 nitrogen and oxygen atoms in total. The Morgan fingerprint density at radius 3 is 2.85 bits per heavy atom. The molecule has 3 rings (SSSR count). The lowest BCUT2D eigenvalue weighted by Gasteiger charge is -2.16. The molecule has 2 aliphatic rings. The van der Waals surface area contributed by atoms with Crippen molar-refractivity contribution in [3.63, 3.8) is 0 Å². The van der Waals surface area contributed by atoms with Gasteiger partial charge in [-0.3, -0.25) is 4.99 Å². The lowest BCUT2D eigenvalue weighted by Crippen LogP contribution is -2.37. The van der Waals surface area contributed by atoms with Crippen LogP contribution in [0.25, 0.3) is 0 Å². The molecule has 0 spiro atoms. The Hall–Kier alpha value is -1.28. The predicted molar refractivity (Wildman–Crippen MR) is 116 cm³/mol. The molecule has 0 amide bonds. The Bertz CT molecular complexity index is 615. The molecule has 1 saturated carbocycles. The highest BCUT2D eigenvalue weighted by molar-refractivity contribution is 14.0. The van der Waals surface area contributed by atoms with Crippen molar-refractivity contribution in [1.29, 1.82) is 0 Å². The SMILES string of the molecule is CN=C(NCCC1=CCOCC1)NCc1ccccc1OCC1CC1.I. The van der Waals surface area contributed by atoms with E-state index in [4.69, 9.17) is 9.47 Å². The maximum absolute atomic E-state index is 5.97. The van der Waals surface area contributed by atoms with Gasteiger partial charge in [-0.25, -0.2) is 0 Å². The number of hydrogen-bond donors (Lipinski definition) is 2. The van der Waals surface area contributed by atoms with Crippen LogP contribution in [0.2, 0.25) is 0 Å². The van der Waals surface area contributed by atoms with E-state index in [1.165, 1.54) is 24.0 Å². The van der Waals surface area contributed by atoms with Gasteiger partial charge >= 0.3 is 0 Å². The first-order chi connectivity index (χ1) is 12.3. The molecule has 0 atom stereocenters. The third kappa shape index (κ3) is 7.15. The summed E-state index contributed by atoms with van der Waals surface area (Å²) in [7, 11) is 1.80. The normalized spacial score (nSPS) is 17.1. The Morgan fingerprint density at radius 2 is 2.12 bits per heavy atom. The van der Waals surface area contributed by atoms with Gasteiger partial charge in [-0.05, 0) is 37.7 Å². The maximum atomic E-state index is 5.97. The zero-order valence-electron chi connectivity index (χ0n) is 15.5. The first-order valence-corrected chi connectivity index (χ1v) is 9.26. The minimum Gasteiger partial charge on any atom is -0.493 e. The molecule has 0 unspecified atom stereocenters. The van der Waals surface area contributed by atoms with E-state index in [-0.39, 0.29) is 24.0 Å². The van der Waals surface area contributed by atoms with Gasteiger partial charge in [0.15, 0.2) is 5.96 Å². The summed E-state index contributed by atoms with van der Waals surface area (Å²) >= 11 is 0. The van der Waals surface area contributed by atoms with Gasteiger partial charge < -0.3 is 20.1 Å². The number of aliphatic imine (C=N–C) groups is 1. The molecule has 144 valence electrons. The van der Waals surface area contributed by atoms with Crippen molar-refractivity contribution in [2.75, 3.05) is 33.4 Å². The van der Waals surface area contributed by atoms with Gasteiger partial charge in [0.25, 0.3) is 0 Å². The highest BCUT2D eigenvalue weighted by atomic mass is 127. The van der Waals surface area contributed by atoms with Crippen LogP contribution in [0.3, 0.4) is 0 Å². The lowest BCUT2D eigenvalue weighted by atomic mass is 10.1. The van der Waals surface area contributed by atoms with Gasteiger partial charge in [-0.1, -0.05) is 29.8 Å². The van der Waals surface area contributed by atoms with Gasteiger partial charge in [0.1, 0.15) is 5.75 Å². The molecular formula is C20H30IN3O2. The van der Waals surface area contributed by atoms with E-state index in [0.717, 1.165) is 56.8 Å². The number of ether oxygens (including phenoxy) is 2. The summed E-state index contributed by atoms with van der Waals surface area (Å²) in [5.74, 6) is 2.56. The highest BCUT2D eigenvalue weighted by Gasteiger charge is 2.22. The van der Waals surface area contributed by atoms with Crippen LogP contribution in [0.5, 0.6) is 5.75 Å². The zero-order chi connectivity index (χ0) is 17.3. The number of hydrogen-bond acceptors (Lipinski definition) is 3. The van der Waals surface area contributed by atoms with E-state index >= 15 is 0 Å². The second kappa shape index (κ2) is 11.4. The van der Waals surface area contributed by atoms with E-state index in [0.29, 0.717) is 6.54 Å². The molecule has 1 aromatic carbocycles. The first-order valence-electron chi connectivity index (χ1n) is 9.26. The molecule has 26 heavy (non-hydrogen) atoms. The lowest BCUT2D eigenvalue weighted by molar-refractivity contribution is 0.153. The predicted octanol–water partition coefficient (Wildman–Crippen LogP) is 3.50. The van der Waals surface area contributed by atoms with Crippen molar-refractivity contribution in [2.24, 2.45) is 10.9 Å². The fraction of sp³-hybridized carbons (Fsp3) is 0.550. The van der Waals surface area contributed by atoms with Crippen LogP contribution in [-0.4, -0.2) is 39.4 Å². The summed E-state index contributed by atoms with van der Waals surface area (Å²) in [6, 6.07) is 8.23. The standard InChI is InChI=1S/C20H29N3O2.HI/c1-21-20(22-11-8-16-9-12-24-13-10-16)23-14-18-4-2-3-5-19(18)25-15-17-6-7-17;/h2-5,9,17H,6-8,10-15H2,1H3,(H2,21,22,23);1H. The summed E-state index contributed by atoms with van der Waals surface area (Å²) in [5, 5.41) is 6.76. The van der Waals surface area contributed by atoms with Crippen LogP contribution in [0.4, 0.5) is 0 Å². The molecule has 1 aliphatic carbocycles. The van der Waals surface area contributed by atoms with Crippen molar-refractivity contribution in [2.45, 2.75) is 32.2 Å². The summed E-state index contributed by atoms with van der Waals surface area (Å²) in [6.07, 6.45) is 6.87. The molecule has 6 heteroatoms. The van der Waals surface area contributed by atoms with Gasteiger partial charge in [-0.2, -0.15) is 0 Å². The van der Waals surface area contributed by atoms with Crippen molar-refractivity contribution in [3.05, 3.63) is 41.5 Å². The number of rotatable bonds is 8. The van der Waals surface area contributed by atoms with Gasteiger partial charge in [0.2, 0.25) is 0 Å². The van der Waals surface area contributed by atoms with Crippen LogP contribution >= 0.6 is 24.0 Å². The zero-order valence-corrected chi connectivity index (χ0v) is 17.8. The Balaban J connectivity index is 0.00000243. The summed E-state index contributed by atoms with van der Waals surface area (Å²) in [5.41, 5.74) is 2.63. The molecule has 2 N–H and O–H groups in total. The van der Waals surface area contributed by atoms with Crippen LogP contribution in [0.1, 0.15) is 31.2 Å². The van der Waals surface area contributed by atoms with Crippen LogP contribution in [0, 0.1) is 5.92 Å². The summed E-state index contributed by atoms with van der Waals surface area (Å²) in [4.78, 5) is 4.31. The maximum Gasteiger partial charge on any atom is 0.191 e. The average molecular weight is 471 g/mol. The van der Waals surface area contributed by atoms with Crippen molar-refractivity contribution in [1.82, 2.24) is 10.6 Å². The fourth-order valence-corrected chi connectivity index (χ4v) is 2.82. The minimum atomic E-state index is 0. The minimum absolute atomic E-state index is 0. The van der Waals surface area contributed by atoms with E-state index < -0.39 is 0 Å². The van der Waals surface area contributed by atoms with Gasteiger partial charge in [-0.15, -0.1) is 24.0 Å². The van der Waals surface area contributed by atoms with Crippen molar-refractivity contribution >= 4 is 29.9 Å². The van der Waals surface area contributed by atoms with Crippen molar-refractivity contribution in [3.8, 4) is 5.75 Å². The van der Waals surface area contributed by atoms with Crippen LogP contribution in [0.15, 0.2) is 40.9 Å². The smallest absolute Gasteiger partial charge is 0.191 e. The molecule has 1 aliphatic heterocycles. The molecular weight excluding hydrogens is 441 g/mol. The topological polar surface area (TPSA) is 54.9 Å².